The first kappa shape index (κ1) is 28.7. The van der Waals surface area contributed by atoms with Crippen LogP contribution in [0.4, 0.5) is 10.1 Å². The minimum Gasteiger partial charge on any atom is -0.459 e. The van der Waals surface area contributed by atoms with Crippen LogP contribution in [0, 0.1) is 12.7 Å². The standard InChI is InChI=1S/C28H24ClFN4O5S/c1-19-6-14-24(15-7-19)40(37,38)34(17-20-8-10-21(29)11-9-20)18-23-13-12-22(39-23)16-31-33-28(36)27(35)32-26-5-3-2-4-25(26)30/h2-16H,17-18H2,1H3,(H,32,35)(H,33,36)/b31-16+. The molecule has 0 bridgehead atoms. The Hall–Kier alpha value is -4.32. The molecule has 0 saturated carbocycles. The molecule has 4 aromatic rings. The summed E-state index contributed by atoms with van der Waals surface area (Å²) in [6, 6.07) is 21.9. The van der Waals surface area contributed by atoms with Crippen LogP contribution in [0.1, 0.15) is 22.6 Å². The molecule has 0 unspecified atom stereocenters. The highest BCUT2D eigenvalue weighted by Gasteiger charge is 2.26. The van der Waals surface area contributed by atoms with Gasteiger partial charge in [0, 0.05) is 11.6 Å². The van der Waals surface area contributed by atoms with Gasteiger partial charge in [0.1, 0.15) is 17.3 Å². The summed E-state index contributed by atoms with van der Waals surface area (Å²) in [6.45, 7) is 1.83. The average Bonchev–Trinajstić information content (AvgIpc) is 3.38. The van der Waals surface area contributed by atoms with Crippen LogP contribution >= 0.6 is 11.6 Å². The normalized spacial score (nSPS) is 11.6. The number of benzene rings is 3. The van der Waals surface area contributed by atoms with Crippen molar-refractivity contribution in [1.29, 1.82) is 0 Å². The number of hydrogen-bond donors (Lipinski definition) is 2. The van der Waals surface area contributed by atoms with E-state index in [0.717, 1.165) is 23.4 Å². The predicted octanol–water partition coefficient (Wildman–Crippen LogP) is 4.86. The van der Waals surface area contributed by atoms with E-state index in [2.05, 4.69) is 10.4 Å². The van der Waals surface area contributed by atoms with E-state index < -0.39 is 27.7 Å². The lowest BCUT2D eigenvalue weighted by Crippen LogP contribution is -2.32. The Morgan fingerprint density at radius 1 is 0.950 bits per heavy atom. The molecule has 206 valence electrons. The third kappa shape index (κ3) is 7.41. The largest absolute Gasteiger partial charge is 0.459 e. The van der Waals surface area contributed by atoms with Crippen molar-refractivity contribution < 1.29 is 26.8 Å². The number of carbonyl (C=O) groups is 2. The summed E-state index contributed by atoms with van der Waals surface area (Å²) >= 11 is 5.98. The number of para-hydroxylation sites is 1. The summed E-state index contributed by atoms with van der Waals surface area (Å²) in [5.41, 5.74) is 3.53. The van der Waals surface area contributed by atoms with Gasteiger partial charge in [0.05, 0.1) is 23.3 Å². The molecule has 12 heteroatoms. The molecule has 9 nitrogen and oxygen atoms in total. The second-order valence-corrected chi connectivity index (χ2v) is 11.0. The Kier molecular flexibility index (Phi) is 9.10. The minimum atomic E-state index is -3.90. The number of anilines is 1. The zero-order valence-corrected chi connectivity index (χ0v) is 22.7. The SMILES string of the molecule is Cc1ccc(S(=O)(=O)N(Cc2ccc(Cl)cc2)Cc2ccc(/C=N/NC(=O)C(=O)Nc3ccccc3F)o2)cc1. The van der Waals surface area contributed by atoms with Gasteiger partial charge in [0.2, 0.25) is 10.0 Å². The number of aryl methyl sites for hydroxylation is 1. The number of furan rings is 1. The molecule has 4 rings (SSSR count). The van der Waals surface area contributed by atoms with Crippen molar-refractivity contribution in [3.05, 3.63) is 118 Å². The van der Waals surface area contributed by atoms with Crippen molar-refractivity contribution in [2.24, 2.45) is 5.10 Å². The van der Waals surface area contributed by atoms with E-state index in [-0.39, 0.29) is 29.4 Å². The number of halogens is 2. The third-order valence-electron chi connectivity index (χ3n) is 5.63. The summed E-state index contributed by atoms with van der Waals surface area (Å²) in [6.07, 6.45) is 1.15. The highest BCUT2D eigenvalue weighted by atomic mass is 35.5. The Morgan fingerprint density at radius 3 is 2.35 bits per heavy atom. The first-order valence-electron chi connectivity index (χ1n) is 11.9. The topological polar surface area (TPSA) is 121 Å². The molecule has 0 saturated heterocycles. The van der Waals surface area contributed by atoms with Gasteiger partial charge >= 0.3 is 11.8 Å². The number of hydrazone groups is 1. The van der Waals surface area contributed by atoms with Crippen LogP contribution in [0.5, 0.6) is 0 Å². The molecule has 0 radical (unpaired) electrons. The molecule has 0 aliphatic heterocycles. The molecule has 2 N–H and O–H groups in total. The average molecular weight is 583 g/mol. The Balaban J connectivity index is 1.45. The molecule has 0 spiro atoms. The second kappa shape index (κ2) is 12.7. The number of sulfonamides is 1. The Morgan fingerprint density at radius 2 is 1.65 bits per heavy atom. The van der Waals surface area contributed by atoms with E-state index in [9.17, 15) is 22.4 Å². The molecule has 40 heavy (non-hydrogen) atoms. The smallest absolute Gasteiger partial charge is 0.329 e. The molecule has 0 aliphatic rings. The zero-order chi connectivity index (χ0) is 28.7. The van der Waals surface area contributed by atoms with Gasteiger partial charge in [-0.3, -0.25) is 9.59 Å². The van der Waals surface area contributed by atoms with Crippen molar-refractivity contribution in [3.8, 4) is 0 Å². The van der Waals surface area contributed by atoms with E-state index in [1.807, 2.05) is 12.3 Å². The van der Waals surface area contributed by atoms with Gasteiger partial charge in [-0.05, 0) is 61.0 Å². The summed E-state index contributed by atoms with van der Waals surface area (Å²) in [7, 11) is -3.90. The van der Waals surface area contributed by atoms with Crippen LogP contribution in [0.25, 0.3) is 0 Å². The molecule has 0 atom stereocenters. The fourth-order valence-electron chi connectivity index (χ4n) is 3.55. The molecule has 0 fully saturated rings. The molecule has 2 amide bonds. The van der Waals surface area contributed by atoms with Crippen molar-refractivity contribution in [2.45, 2.75) is 24.9 Å². The van der Waals surface area contributed by atoms with Crippen LogP contribution in [0.3, 0.4) is 0 Å². The number of amides is 2. The van der Waals surface area contributed by atoms with Crippen molar-refractivity contribution in [2.75, 3.05) is 5.32 Å². The molecule has 1 aromatic heterocycles. The summed E-state index contributed by atoms with van der Waals surface area (Å²) in [4.78, 5) is 24.1. The van der Waals surface area contributed by atoms with Crippen LogP contribution in [0.15, 0.2) is 99.3 Å². The maximum atomic E-state index is 13.7. The third-order valence-corrected chi connectivity index (χ3v) is 7.69. The van der Waals surface area contributed by atoms with E-state index in [1.165, 1.54) is 28.6 Å². The van der Waals surface area contributed by atoms with Gasteiger partial charge in [-0.15, -0.1) is 0 Å². The van der Waals surface area contributed by atoms with Crippen LogP contribution in [-0.2, 0) is 32.7 Å². The molecular formula is C28H24ClFN4O5S. The lowest BCUT2D eigenvalue weighted by molar-refractivity contribution is -0.136. The maximum absolute atomic E-state index is 13.7. The fraction of sp³-hybridized carbons (Fsp3) is 0.107. The fourth-order valence-corrected chi connectivity index (χ4v) is 5.07. The Bertz CT molecular complexity index is 1640. The van der Waals surface area contributed by atoms with Gasteiger partial charge in [-0.1, -0.05) is 53.6 Å². The molecule has 0 aliphatic carbocycles. The van der Waals surface area contributed by atoms with Gasteiger partial charge in [0.15, 0.2) is 0 Å². The summed E-state index contributed by atoms with van der Waals surface area (Å²) in [5.74, 6) is -2.41. The summed E-state index contributed by atoms with van der Waals surface area (Å²) in [5, 5.41) is 6.36. The van der Waals surface area contributed by atoms with E-state index >= 15 is 0 Å². The lowest BCUT2D eigenvalue weighted by Gasteiger charge is -2.21. The van der Waals surface area contributed by atoms with Gasteiger partial charge in [-0.2, -0.15) is 9.41 Å². The molecule has 1 heterocycles. The first-order chi connectivity index (χ1) is 19.1. The van der Waals surface area contributed by atoms with E-state index in [1.54, 1.807) is 54.6 Å². The number of hydrogen-bond acceptors (Lipinski definition) is 6. The number of nitrogens with one attached hydrogen (secondary N) is 2. The number of carbonyl (C=O) groups excluding carboxylic acids is 2. The van der Waals surface area contributed by atoms with Crippen molar-refractivity contribution >= 4 is 45.3 Å². The monoisotopic (exact) mass is 582 g/mol. The number of rotatable bonds is 9. The lowest BCUT2D eigenvalue weighted by atomic mass is 10.2. The van der Waals surface area contributed by atoms with E-state index in [0.29, 0.717) is 10.8 Å². The zero-order valence-electron chi connectivity index (χ0n) is 21.2. The minimum absolute atomic E-state index is 0.0602. The predicted molar refractivity (Wildman–Crippen MR) is 149 cm³/mol. The van der Waals surface area contributed by atoms with Gasteiger partial charge in [-0.25, -0.2) is 18.2 Å². The quantitative estimate of drug-likeness (QED) is 0.166. The van der Waals surface area contributed by atoms with Crippen LogP contribution in [-0.4, -0.2) is 30.8 Å². The summed E-state index contributed by atoms with van der Waals surface area (Å²) < 4.78 is 47.7. The number of nitrogens with zero attached hydrogens (tertiary/aromatic N) is 2. The van der Waals surface area contributed by atoms with E-state index in [4.69, 9.17) is 16.0 Å². The highest BCUT2D eigenvalue weighted by molar-refractivity contribution is 7.89. The Labute approximate surface area is 235 Å². The van der Waals surface area contributed by atoms with Gasteiger partial charge < -0.3 is 9.73 Å². The molecule has 3 aromatic carbocycles. The van der Waals surface area contributed by atoms with Crippen LogP contribution < -0.4 is 10.7 Å². The van der Waals surface area contributed by atoms with Crippen molar-refractivity contribution in [3.63, 3.8) is 0 Å². The highest BCUT2D eigenvalue weighted by Crippen LogP contribution is 2.23. The first-order valence-corrected chi connectivity index (χ1v) is 13.7. The second-order valence-electron chi connectivity index (χ2n) is 8.65. The molecular weight excluding hydrogens is 559 g/mol. The van der Waals surface area contributed by atoms with Crippen LogP contribution in [0.2, 0.25) is 5.02 Å². The van der Waals surface area contributed by atoms with Crippen molar-refractivity contribution in [1.82, 2.24) is 9.73 Å². The maximum Gasteiger partial charge on any atom is 0.329 e. The van der Waals surface area contributed by atoms with Gasteiger partial charge in [0.25, 0.3) is 0 Å².